The third kappa shape index (κ3) is 2.96. The van der Waals surface area contributed by atoms with Crippen molar-refractivity contribution in [2.24, 2.45) is 0 Å². The molecular formula is C16H14F2N2O5S. The van der Waals surface area contributed by atoms with Gasteiger partial charge in [0.05, 0.1) is 6.26 Å². The number of hydrogen-bond donors (Lipinski definition) is 1. The Balaban J connectivity index is 1.81. The van der Waals surface area contributed by atoms with E-state index in [0.29, 0.717) is 6.07 Å². The first-order valence-electron chi connectivity index (χ1n) is 7.53. The van der Waals surface area contributed by atoms with E-state index < -0.39 is 43.9 Å². The quantitative estimate of drug-likeness (QED) is 0.865. The van der Waals surface area contributed by atoms with Crippen molar-refractivity contribution in [3.05, 3.63) is 54.0 Å². The summed E-state index contributed by atoms with van der Waals surface area (Å²) in [4.78, 5) is 25.1. The van der Waals surface area contributed by atoms with Crippen LogP contribution >= 0.6 is 0 Å². The molecule has 0 aliphatic carbocycles. The lowest BCUT2D eigenvalue weighted by Gasteiger charge is -2.48. The van der Waals surface area contributed by atoms with Crippen molar-refractivity contribution in [3.8, 4) is 0 Å². The molecule has 10 heteroatoms. The van der Waals surface area contributed by atoms with Gasteiger partial charge in [0.15, 0.2) is 5.76 Å². The second-order valence-corrected chi connectivity index (χ2v) is 7.62. The molecule has 26 heavy (non-hydrogen) atoms. The first kappa shape index (κ1) is 18.1. The lowest BCUT2D eigenvalue weighted by Crippen LogP contribution is -2.67. The first-order chi connectivity index (χ1) is 12.1. The number of amides is 2. The zero-order valence-electron chi connectivity index (χ0n) is 13.5. The van der Waals surface area contributed by atoms with E-state index in [9.17, 15) is 26.8 Å². The van der Waals surface area contributed by atoms with E-state index in [1.807, 2.05) is 0 Å². The van der Waals surface area contributed by atoms with Crippen LogP contribution in [0.25, 0.3) is 0 Å². The summed E-state index contributed by atoms with van der Waals surface area (Å²) < 4.78 is 57.9. The van der Waals surface area contributed by atoms with Crippen molar-refractivity contribution < 1.29 is 31.2 Å². The molecular weight excluding hydrogens is 370 g/mol. The minimum atomic E-state index is -4.57. The highest BCUT2D eigenvalue weighted by Crippen LogP contribution is 2.32. The number of benzene rings is 1. The molecule has 1 aliphatic rings. The first-order valence-corrected chi connectivity index (χ1v) is 9.01. The minimum absolute atomic E-state index is 0.0103. The maximum Gasteiger partial charge on any atom is 0.290 e. The van der Waals surface area contributed by atoms with Gasteiger partial charge in [0, 0.05) is 12.6 Å². The zero-order valence-corrected chi connectivity index (χ0v) is 14.3. The van der Waals surface area contributed by atoms with Crippen molar-refractivity contribution >= 4 is 21.8 Å². The highest BCUT2D eigenvalue weighted by Gasteiger charge is 2.51. The Morgan fingerprint density at radius 1 is 1.27 bits per heavy atom. The molecule has 1 atom stereocenters. The van der Waals surface area contributed by atoms with Crippen LogP contribution in [0.1, 0.15) is 23.9 Å². The van der Waals surface area contributed by atoms with Gasteiger partial charge in [-0.3, -0.25) is 9.59 Å². The van der Waals surface area contributed by atoms with Gasteiger partial charge in [-0.25, -0.2) is 21.9 Å². The van der Waals surface area contributed by atoms with Crippen molar-refractivity contribution in [2.75, 3.05) is 6.54 Å². The number of carbonyl (C=O) groups excluding carboxylic acids is 2. The van der Waals surface area contributed by atoms with Gasteiger partial charge in [-0.1, -0.05) is 0 Å². The molecule has 1 fully saturated rings. The molecule has 1 saturated heterocycles. The highest BCUT2D eigenvalue weighted by molar-refractivity contribution is 7.90. The molecule has 0 saturated carbocycles. The second-order valence-electron chi connectivity index (χ2n) is 5.97. The van der Waals surface area contributed by atoms with Crippen LogP contribution in [0.2, 0.25) is 0 Å². The van der Waals surface area contributed by atoms with Crippen molar-refractivity contribution in [3.63, 3.8) is 0 Å². The number of nitrogens with one attached hydrogen (secondary N) is 1. The van der Waals surface area contributed by atoms with E-state index in [2.05, 4.69) is 0 Å². The van der Waals surface area contributed by atoms with Crippen LogP contribution in [-0.4, -0.2) is 37.2 Å². The summed E-state index contributed by atoms with van der Waals surface area (Å²) in [7, 11) is -4.57. The summed E-state index contributed by atoms with van der Waals surface area (Å²) >= 11 is 0. The topological polar surface area (TPSA) is 96.7 Å². The molecule has 1 aromatic heterocycles. The molecule has 1 N–H and O–H groups in total. The lowest BCUT2D eigenvalue weighted by atomic mass is 9.85. The molecule has 1 aromatic carbocycles. The molecule has 0 bridgehead atoms. The summed E-state index contributed by atoms with van der Waals surface area (Å²) in [6.07, 6.45) is 1.51. The predicted octanol–water partition coefficient (Wildman–Crippen LogP) is 1.67. The number of halogens is 2. The fraction of sp³-hybridized carbons (Fsp3) is 0.250. The molecule has 0 radical (unpaired) electrons. The Hall–Kier alpha value is -2.75. The van der Waals surface area contributed by atoms with Gasteiger partial charge in [-0.2, -0.15) is 0 Å². The Kier molecular flexibility index (Phi) is 4.31. The summed E-state index contributed by atoms with van der Waals surface area (Å²) in [5, 5.41) is 0. The number of sulfonamides is 1. The van der Waals surface area contributed by atoms with Gasteiger partial charge in [0.1, 0.15) is 22.1 Å². The third-order valence-electron chi connectivity index (χ3n) is 4.29. The van der Waals surface area contributed by atoms with Crippen LogP contribution in [0.5, 0.6) is 0 Å². The summed E-state index contributed by atoms with van der Waals surface area (Å²) in [5.74, 6) is -3.82. The monoisotopic (exact) mass is 384 g/mol. The van der Waals surface area contributed by atoms with E-state index in [1.165, 1.54) is 25.3 Å². The number of furan rings is 1. The average Bonchev–Trinajstić information content (AvgIpc) is 3.06. The fourth-order valence-corrected chi connectivity index (χ4v) is 3.77. The van der Waals surface area contributed by atoms with Crippen molar-refractivity contribution in [2.45, 2.75) is 23.8 Å². The van der Waals surface area contributed by atoms with E-state index in [0.717, 1.165) is 17.0 Å². The van der Waals surface area contributed by atoms with E-state index in [1.54, 1.807) is 4.72 Å². The van der Waals surface area contributed by atoms with Crippen LogP contribution in [0.15, 0.2) is 45.9 Å². The van der Waals surface area contributed by atoms with E-state index in [4.69, 9.17) is 4.42 Å². The Morgan fingerprint density at radius 3 is 2.54 bits per heavy atom. The van der Waals surface area contributed by atoms with Crippen LogP contribution in [0, 0.1) is 11.6 Å². The Bertz CT molecular complexity index is 975. The molecule has 2 heterocycles. The highest BCUT2D eigenvalue weighted by atomic mass is 32.2. The standard InChI is InChI=1S/C16H14F2N2O5S/c1-16(6-7-20(16)14(21)12-3-2-8-25-12)15(22)19-26(23,24)13-5-4-10(17)9-11(13)18/h2-5,8-9H,6-7H2,1H3,(H,19,22). The van der Waals surface area contributed by atoms with Gasteiger partial charge < -0.3 is 9.32 Å². The molecule has 3 rings (SSSR count). The number of carbonyl (C=O) groups is 2. The van der Waals surface area contributed by atoms with Gasteiger partial charge in [-0.15, -0.1) is 0 Å². The third-order valence-corrected chi connectivity index (χ3v) is 5.66. The zero-order chi connectivity index (χ0) is 19.1. The molecule has 1 unspecified atom stereocenters. The van der Waals surface area contributed by atoms with Crippen molar-refractivity contribution in [1.82, 2.24) is 9.62 Å². The second kappa shape index (κ2) is 6.20. The number of rotatable bonds is 4. The fourth-order valence-electron chi connectivity index (χ4n) is 2.63. The van der Waals surface area contributed by atoms with Crippen LogP contribution in [-0.2, 0) is 14.8 Å². The number of hydrogen-bond acceptors (Lipinski definition) is 5. The van der Waals surface area contributed by atoms with Crippen LogP contribution in [0.4, 0.5) is 8.78 Å². The average molecular weight is 384 g/mol. The molecule has 2 aromatic rings. The Labute approximate surface area is 147 Å². The maximum atomic E-state index is 13.7. The molecule has 1 aliphatic heterocycles. The largest absolute Gasteiger partial charge is 0.459 e. The molecule has 7 nitrogen and oxygen atoms in total. The summed E-state index contributed by atoms with van der Waals surface area (Å²) in [5.41, 5.74) is -1.44. The number of likely N-dealkylation sites (tertiary alicyclic amines) is 1. The molecule has 138 valence electrons. The van der Waals surface area contributed by atoms with Crippen molar-refractivity contribution in [1.29, 1.82) is 0 Å². The van der Waals surface area contributed by atoms with Gasteiger partial charge in [-0.05, 0) is 37.6 Å². The summed E-state index contributed by atoms with van der Waals surface area (Å²) in [6.45, 7) is 1.62. The molecule has 2 amide bonds. The van der Waals surface area contributed by atoms with Gasteiger partial charge in [0.25, 0.3) is 21.8 Å². The SMILES string of the molecule is CC1(C(=O)NS(=O)(=O)c2ccc(F)cc2F)CCN1C(=O)c1ccco1. The smallest absolute Gasteiger partial charge is 0.290 e. The molecule has 0 spiro atoms. The van der Waals surface area contributed by atoms with Gasteiger partial charge in [0.2, 0.25) is 0 Å². The van der Waals surface area contributed by atoms with E-state index in [-0.39, 0.29) is 18.7 Å². The minimum Gasteiger partial charge on any atom is -0.459 e. The predicted molar refractivity (Wildman–Crippen MR) is 84.5 cm³/mol. The van der Waals surface area contributed by atoms with Crippen LogP contribution < -0.4 is 4.72 Å². The maximum absolute atomic E-state index is 13.7. The van der Waals surface area contributed by atoms with Gasteiger partial charge >= 0.3 is 0 Å². The lowest BCUT2D eigenvalue weighted by molar-refractivity contribution is -0.135. The normalized spacial score (nSPS) is 19.7. The summed E-state index contributed by atoms with van der Waals surface area (Å²) in [6, 6.07) is 4.81. The number of nitrogens with zero attached hydrogens (tertiary/aromatic N) is 1. The Morgan fingerprint density at radius 2 is 2.00 bits per heavy atom. The van der Waals surface area contributed by atoms with E-state index >= 15 is 0 Å². The van der Waals surface area contributed by atoms with Crippen LogP contribution in [0.3, 0.4) is 0 Å².